The number of aryl methyl sites for hydroxylation is 1. The maximum Gasteiger partial charge on any atom is 0.332 e. The minimum absolute atomic E-state index is 0.356. The van der Waals surface area contributed by atoms with Gasteiger partial charge in [-0.05, 0) is 32.9 Å². The first kappa shape index (κ1) is 15.8. The summed E-state index contributed by atoms with van der Waals surface area (Å²) in [7, 11) is 1.64. The number of benzene rings is 1. The smallest absolute Gasteiger partial charge is 0.332 e. The van der Waals surface area contributed by atoms with Crippen molar-refractivity contribution in [1.82, 2.24) is 4.98 Å². The minimum Gasteiger partial charge on any atom is -0.496 e. The zero-order valence-corrected chi connectivity index (χ0v) is 13.3. The molecule has 0 atom stereocenters. The first-order chi connectivity index (χ1) is 10.5. The second-order valence-electron chi connectivity index (χ2n) is 4.87. The number of anilines is 1. The van der Waals surface area contributed by atoms with Gasteiger partial charge in [0.2, 0.25) is 0 Å². The highest BCUT2D eigenvalue weighted by Crippen LogP contribution is 2.30. The SMILES string of the molecule is CCOC(=O)/C=C(/C)Nc1cccc2c(OC)cc(C)nc12. The van der Waals surface area contributed by atoms with Gasteiger partial charge < -0.3 is 14.8 Å². The van der Waals surface area contributed by atoms with E-state index in [9.17, 15) is 4.79 Å². The topological polar surface area (TPSA) is 60.5 Å². The number of esters is 1. The molecule has 5 heteroatoms. The second-order valence-corrected chi connectivity index (χ2v) is 4.87. The normalized spacial score (nSPS) is 11.4. The van der Waals surface area contributed by atoms with Crippen LogP contribution >= 0.6 is 0 Å². The Morgan fingerprint density at radius 1 is 1.41 bits per heavy atom. The molecular weight excluding hydrogens is 280 g/mol. The molecule has 0 spiro atoms. The van der Waals surface area contributed by atoms with Crippen molar-refractivity contribution in [3.8, 4) is 5.75 Å². The van der Waals surface area contributed by atoms with Crippen LogP contribution in [0.25, 0.3) is 10.9 Å². The fourth-order valence-electron chi connectivity index (χ4n) is 2.22. The number of allylic oxidation sites excluding steroid dienone is 1. The molecule has 0 saturated carbocycles. The average molecular weight is 300 g/mol. The summed E-state index contributed by atoms with van der Waals surface area (Å²) in [4.78, 5) is 16.1. The molecule has 0 amide bonds. The monoisotopic (exact) mass is 300 g/mol. The van der Waals surface area contributed by atoms with Gasteiger partial charge >= 0.3 is 5.97 Å². The molecule has 0 saturated heterocycles. The van der Waals surface area contributed by atoms with Crippen molar-refractivity contribution >= 4 is 22.6 Å². The van der Waals surface area contributed by atoms with Gasteiger partial charge in [-0.2, -0.15) is 0 Å². The molecule has 1 aromatic heterocycles. The zero-order valence-electron chi connectivity index (χ0n) is 13.3. The number of para-hydroxylation sites is 1. The van der Waals surface area contributed by atoms with Crippen LogP contribution in [0.4, 0.5) is 5.69 Å². The number of carbonyl (C=O) groups is 1. The molecule has 0 bridgehead atoms. The van der Waals surface area contributed by atoms with Crippen molar-refractivity contribution in [3.63, 3.8) is 0 Å². The van der Waals surface area contributed by atoms with Crippen molar-refractivity contribution in [1.29, 1.82) is 0 Å². The Labute approximate surface area is 130 Å². The number of carbonyl (C=O) groups excluding carboxylic acids is 1. The summed E-state index contributed by atoms with van der Waals surface area (Å²) in [6.07, 6.45) is 1.43. The third-order valence-electron chi connectivity index (χ3n) is 3.10. The molecule has 1 aromatic carbocycles. The molecule has 0 unspecified atom stereocenters. The van der Waals surface area contributed by atoms with E-state index in [1.165, 1.54) is 6.08 Å². The Bertz CT molecular complexity index is 723. The van der Waals surface area contributed by atoms with Gasteiger partial charge in [0.15, 0.2) is 0 Å². The summed E-state index contributed by atoms with van der Waals surface area (Å²) >= 11 is 0. The van der Waals surface area contributed by atoms with E-state index in [0.29, 0.717) is 12.3 Å². The van der Waals surface area contributed by atoms with Crippen LogP contribution in [0.5, 0.6) is 5.75 Å². The highest BCUT2D eigenvalue weighted by atomic mass is 16.5. The molecular formula is C17H20N2O3. The summed E-state index contributed by atoms with van der Waals surface area (Å²) in [6, 6.07) is 7.68. The van der Waals surface area contributed by atoms with Gasteiger partial charge in [0, 0.05) is 28.9 Å². The third-order valence-corrected chi connectivity index (χ3v) is 3.10. The van der Waals surface area contributed by atoms with E-state index in [1.807, 2.05) is 38.1 Å². The predicted octanol–water partition coefficient (Wildman–Crippen LogP) is 3.43. The van der Waals surface area contributed by atoms with Gasteiger partial charge in [0.1, 0.15) is 5.75 Å². The van der Waals surface area contributed by atoms with Crippen LogP contribution in [0.3, 0.4) is 0 Å². The molecule has 2 rings (SSSR count). The van der Waals surface area contributed by atoms with Crippen LogP contribution in [0, 0.1) is 6.92 Å². The number of nitrogens with zero attached hydrogens (tertiary/aromatic N) is 1. The first-order valence-electron chi connectivity index (χ1n) is 7.11. The van der Waals surface area contributed by atoms with E-state index in [1.54, 1.807) is 14.0 Å². The summed E-state index contributed by atoms with van der Waals surface area (Å²) in [6.45, 7) is 5.86. The van der Waals surface area contributed by atoms with Gasteiger partial charge in [-0.15, -0.1) is 0 Å². The first-order valence-corrected chi connectivity index (χ1v) is 7.11. The lowest BCUT2D eigenvalue weighted by atomic mass is 10.1. The predicted molar refractivity (Wildman–Crippen MR) is 87.0 cm³/mol. The van der Waals surface area contributed by atoms with Gasteiger partial charge in [-0.25, -0.2) is 4.79 Å². The van der Waals surface area contributed by atoms with E-state index >= 15 is 0 Å². The zero-order chi connectivity index (χ0) is 16.1. The van der Waals surface area contributed by atoms with Crippen LogP contribution in [0.2, 0.25) is 0 Å². The number of aromatic nitrogens is 1. The quantitative estimate of drug-likeness (QED) is 0.677. The lowest BCUT2D eigenvalue weighted by Gasteiger charge is -2.12. The van der Waals surface area contributed by atoms with Crippen LogP contribution in [0.1, 0.15) is 19.5 Å². The highest BCUT2D eigenvalue weighted by molar-refractivity contribution is 5.95. The highest BCUT2D eigenvalue weighted by Gasteiger charge is 2.09. The fraction of sp³-hybridized carbons (Fsp3) is 0.294. The molecule has 1 heterocycles. The van der Waals surface area contributed by atoms with Gasteiger partial charge in [0.05, 0.1) is 24.9 Å². The van der Waals surface area contributed by atoms with E-state index < -0.39 is 0 Å². The average Bonchev–Trinajstić information content (AvgIpc) is 2.47. The third kappa shape index (κ3) is 3.55. The molecule has 0 radical (unpaired) electrons. The number of ether oxygens (including phenoxy) is 2. The van der Waals surface area contributed by atoms with Crippen molar-refractivity contribution in [2.75, 3.05) is 19.0 Å². The number of pyridine rings is 1. The number of hydrogen-bond donors (Lipinski definition) is 1. The van der Waals surface area contributed by atoms with E-state index in [-0.39, 0.29) is 5.97 Å². The Kier molecular flexibility index (Phi) is 4.99. The van der Waals surface area contributed by atoms with Gasteiger partial charge in [-0.3, -0.25) is 4.98 Å². The van der Waals surface area contributed by atoms with E-state index in [2.05, 4.69) is 10.3 Å². The van der Waals surface area contributed by atoms with Gasteiger partial charge in [0.25, 0.3) is 0 Å². The van der Waals surface area contributed by atoms with Crippen LogP contribution in [-0.4, -0.2) is 24.7 Å². The Balaban J connectivity index is 2.40. The maximum atomic E-state index is 11.5. The molecule has 22 heavy (non-hydrogen) atoms. The van der Waals surface area contributed by atoms with E-state index in [4.69, 9.17) is 9.47 Å². The van der Waals surface area contributed by atoms with Crippen molar-refractivity contribution in [2.45, 2.75) is 20.8 Å². The summed E-state index contributed by atoms with van der Waals surface area (Å²) in [5.41, 5.74) is 3.17. The molecule has 0 fully saturated rings. The number of methoxy groups -OCH3 is 1. The van der Waals surface area contributed by atoms with Crippen molar-refractivity contribution in [3.05, 3.63) is 41.7 Å². The van der Waals surface area contributed by atoms with Gasteiger partial charge in [-0.1, -0.05) is 6.07 Å². The molecule has 0 aliphatic rings. The fourth-order valence-corrected chi connectivity index (χ4v) is 2.22. The Morgan fingerprint density at radius 3 is 2.86 bits per heavy atom. The molecule has 5 nitrogen and oxygen atoms in total. The van der Waals surface area contributed by atoms with Crippen LogP contribution < -0.4 is 10.1 Å². The van der Waals surface area contributed by atoms with Crippen molar-refractivity contribution < 1.29 is 14.3 Å². The minimum atomic E-state index is -0.366. The van der Waals surface area contributed by atoms with Crippen molar-refractivity contribution in [2.24, 2.45) is 0 Å². The second kappa shape index (κ2) is 6.93. The van der Waals surface area contributed by atoms with E-state index in [0.717, 1.165) is 28.0 Å². The standard InChI is InChI=1S/C17H20N2O3/c1-5-22-16(20)10-12(3)18-14-8-6-7-13-15(21-4)9-11(2)19-17(13)14/h6-10,18H,5H2,1-4H3/b12-10-. The van der Waals surface area contributed by atoms with Crippen LogP contribution in [0.15, 0.2) is 36.0 Å². The maximum absolute atomic E-state index is 11.5. The number of fused-ring (bicyclic) bond motifs is 1. The number of hydrogen-bond acceptors (Lipinski definition) is 5. The number of rotatable bonds is 5. The molecule has 0 aliphatic carbocycles. The van der Waals surface area contributed by atoms with Crippen LogP contribution in [-0.2, 0) is 9.53 Å². The molecule has 1 N–H and O–H groups in total. The lowest BCUT2D eigenvalue weighted by Crippen LogP contribution is -2.05. The Morgan fingerprint density at radius 2 is 2.18 bits per heavy atom. The lowest BCUT2D eigenvalue weighted by molar-refractivity contribution is -0.137. The summed E-state index contributed by atoms with van der Waals surface area (Å²) in [5.74, 6) is 0.410. The number of nitrogens with one attached hydrogen (secondary N) is 1. The largest absolute Gasteiger partial charge is 0.496 e. The molecule has 0 aliphatic heterocycles. The summed E-state index contributed by atoms with van der Waals surface area (Å²) < 4.78 is 10.3. The molecule has 116 valence electrons. The molecule has 2 aromatic rings. The Hall–Kier alpha value is -2.56. The summed E-state index contributed by atoms with van der Waals surface area (Å²) in [5, 5.41) is 4.11.